The second-order valence-corrected chi connectivity index (χ2v) is 6.78. The summed E-state index contributed by atoms with van der Waals surface area (Å²) in [6.45, 7) is 3.85. The number of carbonyl (C=O) groups is 1. The molecule has 0 aliphatic carbocycles. The second-order valence-electron chi connectivity index (χ2n) is 6.78. The van der Waals surface area contributed by atoms with E-state index in [2.05, 4.69) is 39.7 Å². The molecule has 0 unspecified atom stereocenters. The highest BCUT2D eigenvalue weighted by Gasteiger charge is 2.18. The number of hydrogen-bond acceptors (Lipinski definition) is 3. The molecule has 0 radical (unpaired) electrons. The highest BCUT2D eigenvalue weighted by atomic mass is 16.2. The number of aryl methyl sites for hydroxylation is 1. The monoisotopic (exact) mass is 355 g/mol. The van der Waals surface area contributed by atoms with Gasteiger partial charge in [0.2, 0.25) is 0 Å². The second kappa shape index (κ2) is 7.46. The van der Waals surface area contributed by atoms with Crippen molar-refractivity contribution in [1.82, 2.24) is 5.43 Å². The van der Waals surface area contributed by atoms with Crippen LogP contribution in [-0.2, 0) is 13.1 Å². The van der Waals surface area contributed by atoms with Gasteiger partial charge in [-0.3, -0.25) is 4.79 Å². The normalized spacial score (nSPS) is 13.0. The number of benzene rings is 3. The third kappa shape index (κ3) is 3.90. The summed E-state index contributed by atoms with van der Waals surface area (Å²) >= 11 is 0. The van der Waals surface area contributed by atoms with Gasteiger partial charge in [-0.25, -0.2) is 5.43 Å². The lowest BCUT2D eigenvalue weighted by Gasteiger charge is -2.17. The lowest BCUT2D eigenvalue weighted by atomic mass is 10.1. The van der Waals surface area contributed by atoms with Crippen molar-refractivity contribution in [2.75, 3.05) is 4.90 Å². The Hall–Kier alpha value is -3.40. The molecule has 0 saturated carbocycles. The fraction of sp³-hybridized carbons (Fsp3) is 0.130. The van der Waals surface area contributed by atoms with Crippen LogP contribution in [0.1, 0.15) is 32.6 Å². The number of rotatable bonds is 4. The van der Waals surface area contributed by atoms with E-state index in [9.17, 15) is 4.79 Å². The first-order chi connectivity index (χ1) is 13.2. The van der Waals surface area contributed by atoms with E-state index >= 15 is 0 Å². The quantitative estimate of drug-likeness (QED) is 0.561. The van der Waals surface area contributed by atoms with Gasteiger partial charge in [0.05, 0.1) is 6.21 Å². The van der Waals surface area contributed by atoms with Gasteiger partial charge in [-0.1, -0.05) is 54.1 Å². The molecule has 1 N–H and O–H groups in total. The van der Waals surface area contributed by atoms with E-state index < -0.39 is 0 Å². The SMILES string of the molecule is Cc1ccc(/C=N\NC(=O)c2ccc(N3Cc4ccccc4C3)cc2)cc1. The number of amides is 1. The Morgan fingerprint density at radius 2 is 1.56 bits per heavy atom. The molecule has 1 heterocycles. The van der Waals surface area contributed by atoms with Crippen molar-refractivity contribution in [2.45, 2.75) is 20.0 Å². The maximum absolute atomic E-state index is 12.3. The van der Waals surface area contributed by atoms with E-state index in [1.54, 1.807) is 6.21 Å². The Kier molecular flexibility index (Phi) is 4.71. The van der Waals surface area contributed by atoms with Crippen molar-refractivity contribution in [3.05, 3.63) is 101 Å². The van der Waals surface area contributed by atoms with Gasteiger partial charge in [-0.2, -0.15) is 5.10 Å². The van der Waals surface area contributed by atoms with E-state index in [1.807, 2.05) is 55.5 Å². The van der Waals surface area contributed by atoms with E-state index in [1.165, 1.54) is 16.7 Å². The molecule has 1 aliphatic heterocycles. The van der Waals surface area contributed by atoms with Crippen molar-refractivity contribution in [1.29, 1.82) is 0 Å². The molecule has 0 spiro atoms. The van der Waals surface area contributed by atoms with Crippen LogP contribution >= 0.6 is 0 Å². The average Bonchev–Trinajstić information content (AvgIpc) is 3.14. The van der Waals surface area contributed by atoms with E-state index in [0.717, 1.165) is 24.3 Å². The van der Waals surface area contributed by atoms with Gasteiger partial charge >= 0.3 is 0 Å². The summed E-state index contributed by atoms with van der Waals surface area (Å²) in [7, 11) is 0. The Morgan fingerprint density at radius 3 is 2.19 bits per heavy atom. The van der Waals surface area contributed by atoms with Gasteiger partial charge in [0.15, 0.2) is 0 Å². The summed E-state index contributed by atoms with van der Waals surface area (Å²) in [6.07, 6.45) is 1.65. The van der Waals surface area contributed by atoms with Gasteiger partial charge < -0.3 is 4.90 Å². The maximum atomic E-state index is 12.3. The molecule has 0 aromatic heterocycles. The number of fused-ring (bicyclic) bond motifs is 1. The predicted octanol–water partition coefficient (Wildman–Crippen LogP) is 4.28. The summed E-state index contributed by atoms with van der Waals surface area (Å²) in [4.78, 5) is 14.6. The summed E-state index contributed by atoms with van der Waals surface area (Å²) in [6, 6.07) is 24.1. The first kappa shape index (κ1) is 17.0. The Balaban J connectivity index is 1.37. The molecule has 1 aliphatic rings. The van der Waals surface area contributed by atoms with Crippen molar-refractivity contribution in [2.24, 2.45) is 5.10 Å². The molecule has 0 bridgehead atoms. The minimum Gasteiger partial charge on any atom is -0.363 e. The highest BCUT2D eigenvalue weighted by molar-refractivity contribution is 5.95. The number of carbonyl (C=O) groups excluding carboxylic acids is 1. The van der Waals surface area contributed by atoms with E-state index in [4.69, 9.17) is 0 Å². The number of anilines is 1. The average molecular weight is 355 g/mol. The van der Waals surface area contributed by atoms with Gasteiger partial charge in [0.25, 0.3) is 5.91 Å². The molecule has 3 aromatic rings. The van der Waals surface area contributed by atoms with Gasteiger partial charge in [0, 0.05) is 24.3 Å². The molecule has 1 amide bonds. The van der Waals surface area contributed by atoms with Crippen LogP contribution in [-0.4, -0.2) is 12.1 Å². The minimum atomic E-state index is -0.213. The zero-order valence-electron chi connectivity index (χ0n) is 15.2. The zero-order chi connectivity index (χ0) is 18.6. The Morgan fingerprint density at radius 1 is 0.926 bits per heavy atom. The van der Waals surface area contributed by atoms with Crippen LogP contribution in [0.15, 0.2) is 77.9 Å². The van der Waals surface area contributed by atoms with Crippen LogP contribution < -0.4 is 10.3 Å². The van der Waals surface area contributed by atoms with Crippen LogP contribution in [0.2, 0.25) is 0 Å². The smallest absolute Gasteiger partial charge is 0.271 e. The third-order valence-electron chi connectivity index (χ3n) is 4.79. The summed E-state index contributed by atoms with van der Waals surface area (Å²) < 4.78 is 0. The van der Waals surface area contributed by atoms with Crippen LogP contribution in [0.25, 0.3) is 0 Å². The molecule has 3 aromatic carbocycles. The fourth-order valence-corrected chi connectivity index (χ4v) is 3.22. The largest absolute Gasteiger partial charge is 0.363 e. The number of nitrogens with one attached hydrogen (secondary N) is 1. The zero-order valence-corrected chi connectivity index (χ0v) is 15.2. The van der Waals surface area contributed by atoms with Gasteiger partial charge in [-0.15, -0.1) is 0 Å². The number of hydrazone groups is 1. The third-order valence-corrected chi connectivity index (χ3v) is 4.79. The molecule has 0 atom stereocenters. The highest BCUT2D eigenvalue weighted by Crippen LogP contribution is 2.28. The van der Waals surface area contributed by atoms with Crippen LogP contribution in [0, 0.1) is 6.92 Å². The van der Waals surface area contributed by atoms with Gasteiger partial charge in [0.1, 0.15) is 0 Å². The lowest BCUT2D eigenvalue weighted by Crippen LogP contribution is -2.18. The molecule has 27 heavy (non-hydrogen) atoms. The molecule has 4 heteroatoms. The fourth-order valence-electron chi connectivity index (χ4n) is 3.22. The summed E-state index contributed by atoms with van der Waals surface area (Å²) in [5.74, 6) is -0.213. The summed E-state index contributed by atoms with van der Waals surface area (Å²) in [5.41, 5.74) is 9.16. The minimum absolute atomic E-state index is 0.213. The number of hydrogen-bond donors (Lipinski definition) is 1. The maximum Gasteiger partial charge on any atom is 0.271 e. The van der Waals surface area contributed by atoms with Gasteiger partial charge in [-0.05, 0) is 47.9 Å². The topological polar surface area (TPSA) is 44.7 Å². The van der Waals surface area contributed by atoms with E-state index in [-0.39, 0.29) is 5.91 Å². The Bertz CT molecular complexity index is 950. The van der Waals surface area contributed by atoms with Crippen LogP contribution in [0.4, 0.5) is 5.69 Å². The first-order valence-corrected chi connectivity index (χ1v) is 9.01. The van der Waals surface area contributed by atoms with Crippen molar-refractivity contribution in [3.63, 3.8) is 0 Å². The molecular weight excluding hydrogens is 334 g/mol. The molecule has 4 rings (SSSR count). The van der Waals surface area contributed by atoms with Crippen molar-refractivity contribution in [3.8, 4) is 0 Å². The molecule has 0 fully saturated rings. The van der Waals surface area contributed by atoms with Crippen LogP contribution in [0.3, 0.4) is 0 Å². The van der Waals surface area contributed by atoms with E-state index in [0.29, 0.717) is 5.56 Å². The number of nitrogens with zero attached hydrogens (tertiary/aromatic N) is 2. The molecule has 134 valence electrons. The predicted molar refractivity (Wildman–Crippen MR) is 109 cm³/mol. The molecule has 0 saturated heterocycles. The lowest BCUT2D eigenvalue weighted by molar-refractivity contribution is 0.0955. The van der Waals surface area contributed by atoms with Crippen molar-refractivity contribution < 1.29 is 4.79 Å². The van der Waals surface area contributed by atoms with Crippen LogP contribution in [0.5, 0.6) is 0 Å². The molecular formula is C23H21N3O. The summed E-state index contributed by atoms with van der Waals surface area (Å²) in [5, 5.41) is 4.04. The Labute approximate surface area is 159 Å². The first-order valence-electron chi connectivity index (χ1n) is 9.01. The molecule has 4 nitrogen and oxygen atoms in total. The standard InChI is InChI=1S/C23H21N3O/c1-17-6-8-18(9-7-17)14-24-25-23(27)19-10-12-22(13-11-19)26-15-20-4-2-3-5-21(20)16-26/h2-14H,15-16H2,1H3,(H,25,27)/b24-14-. The van der Waals surface area contributed by atoms with Crippen molar-refractivity contribution >= 4 is 17.8 Å².